The van der Waals surface area contributed by atoms with Crippen molar-refractivity contribution in [1.29, 1.82) is 0 Å². The van der Waals surface area contributed by atoms with Gasteiger partial charge in [-0.3, -0.25) is 9.69 Å². The van der Waals surface area contributed by atoms with Crippen LogP contribution < -0.4 is 5.32 Å². The number of carbonyl (C=O) groups is 1. The van der Waals surface area contributed by atoms with E-state index < -0.39 is 0 Å². The Morgan fingerprint density at radius 3 is 2.24 bits per heavy atom. The average molecular weight is 388 g/mol. The van der Waals surface area contributed by atoms with Gasteiger partial charge >= 0.3 is 0 Å². The van der Waals surface area contributed by atoms with Crippen LogP contribution in [0.5, 0.6) is 0 Å². The summed E-state index contributed by atoms with van der Waals surface area (Å²) in [4.78, 5) is 14.9. The molecule has 1 aliphatic rings. The molecule has 1 aliphatic heterocycles. The molecule has 29 heavy (non-hydrogen) atoms. The third kappa shape index (κ3) is 4.43. The van der Waals surface area contributed by atoms with Gasteiger partial charge in [-0.05, 0) is 62.6 Å². The maximum absolute atomic E-state index is 12.4. The van der Waals surface area contributed by atoms with Crippen LogP contribution >= 0.6 is 0 Å². The van der Waals surface area contributed by atoms with Crippen molar-refractivity contribution in [1.82, 2.24) is 14.8 Å². The lowest BCUT2D eigenvalue weighted by Gasteiger charge is -2.32. The predicted octanol–water partition coefficient (Wildman–Crippen LogP) is 4.49. The molecule has 1 amide bonds. The van der Waals surface area contributed by atoms with E-state index in [0.717, 1.165) is 38.0 Å². The zero-order valence-electron chi connectivity index (χ0n) is 17.3. The highest BCUT2D eigenvalue weighted by Gasteiger charge is 2.22. The molecule has 4 rings (SSSR count). The van der Waals surface area contributed by atoms with Crippen LogP contribution in [0.4, 0.5) is 0 Å². The summed E-state index contributed by atoms with van der Waals surface area (Å²) in [5.74, 6) is 0.0375. The predicted molar refractivity (Wildman–Crippen MR) is 117 cm³/mol. The Morgan fingerprint density at radius 1 is 0.966 bits per heavy atom. The Hall–Kier alpha value is -2.85. The molecule has 4 heteroatoms. The van der Waals surface area contributed by atoms with Gasteiger partial charge in [-0.2, -0.15) is 0 Å². The topological polar surface area (TPSA) is 37.3 Å². The van der Waals surface area contributed by atoms with Crippen LogP contribution in [-0.2, 0) is 6.54 Å². The fourth-order valence-electron chi connectivity index (χ4n) is 4.30. The van der Waals surface area contributed by atoms with Crippen LogP contribution in [0.3, 0.4) is 0 Å². The first-order valence-electron chi connectivity index (χ1n) is 10.4. The van der Waals surface area contributed by atoms with Crippen molar-refractivity contribution in [2.45, 2.75) is 39.3 Å². The molecular formula is C25H29N3O. The molecule has 0 aliphatic carbocycles. The molecule has 0 saturated carbocycles. The molecule has 1 fully saturated rings. The number of benzene rings is 2. The van der Waals surface area contributed by atoms with E-state index in [0.29, 0.717) is 0 Å². The Kier molecular flexibility index (Phi) is 5.81. The van der Waals surface area contributed by atoms with Crippen molar-refractivity contribution in [2.75, 3.05) is 13.1 Å². The highest BCUT2D eigenvalue weighted by atomic mass is 16.1. The molecule has 150 valence electrons. The minimum absolute atomic E-state index is 0.0375. The zero-order chi connectivity index (χ0) is 20.2. The van der Waals surface area contributed by atoms with Gasteiger partial charge in [0.2, 0.25) is 0 Å². The van der Waals surface area contributed by atoms with Gasteiger partial charge in [-0.1, -0.05) is 36.4 Å². The molecule has 1 saturated heterocycles. The summed E-state index contributed by atoms with van der Waals surface area (Å²) >= 11 is 0. The molecule has 0 radical (unpaired) electrons. The second kappa shape index (κ2) is 8.66. The van der Waals surface area contributed by atoms with Gasteiger partial charge in [0.25, 0.3) is 5.91 Å². The molecule has 0 unspecified atom stereocenters. The van der Waals surface area contributed by atoms with Crippen molar-refractivity contribution in [2.24, 2.45) is 0 Å². The summed E-state index contributed by atoms with van der Waals surface area (Å²) in [5, 5.41) is 3.20. The van der Waals surface area contributed by atoms with Gasteiger partial charge in [0.05, 0.1) is 0 Å². The maximum Gasteiger partial charge on any atom is 0.251 e. The second-order valence-corrected chi connectivity index (χ2v) is 7.96. The monoisotopic (exact) mass is 387 g/mol. The van der Waals surface area contributed by atoms with Gasteiger partial charge in [-0.15, -0.1) is 0 Å². The van der Waals surface area contributed by atoms with Crippen molar-refractivity contribution >= 4 is 5.91 Å². The molecule has 1 aromatic heterocycles. The number of para-hydroxylation sites is 1. The summed E-state index contributed by atoms with van der Waals surface area (Å²) in [6.45, 7) is 7.37. The molecule has 1 N–H and O–H groups in total. The van der Waals surface area contributed by atoms with Crippen LogP contribution in [0.2, 0.25) is 0 Å². The van der Waals surface area contributed by atoms with E-state index in [4.69, 9.17) is 0 Å². The van der Waals surface area contributed by atoms with E-state index in [2.05, 4.69) is 65.0 Å². The highest BCUT2D eigenvalue weighted by Crippen LogP contribution is 2.23. The molecule has 0 bridgehead atoms. The number of piperidine rings is 1. The summed E-state index contributed by atoms with van der Waals surface area (Å²) in [5.41, 5.74) is 5.93. The summed E-state index contributed by atoms with van der Waals surface area (Å²) in [7, 11) is 0. The van der Waals surface area contributed by atoms with Crippen LogP contribution in [0.25, 0.3) is 5.69 Å². The summed E-state index contributed by atoms with van der Waals surface area (Å²) in [6, 6.07) is 22.6. The minimum atomic E-state index is 0.0375. The van der Waals surface area contributed by atoms with E-state index in [-0.39, 0.29) is 11.9 Å². The zero-order valence-corrected chi connectivity index (χ0v) is 17.3. The highest BCUT2D eigenvalue weighted by molar-refractivity contribution is 5.94. The first-order valence-corrected chi connectivity index (χ1v) is 10.4. The van der Waals surface area contributed by atoms with E-state index in [1.165, 1.54) is 22.6 Å². The standard InChI is InChI=1S/C25H29N3O/c1-19-17-22(20(2)28(19)24-11-7-4-8-12-24)18-27-15-13-23(14-16-27)26-25(29)21-9-5-3-6-10-21/h3-12,17,23H,13-16,18H2,1-2H3,(H,26,29). The smallest absolute Gasteiger partial charge is 0.251 e. The molecule has 0 spiro atoms. The second-order valence-electron chi connectivity index (χ2n) is 7.96. The fraction of sp³-hybridized carbons (Fsp3) is 0.320. The SMILES string of the molecule is Cc1cc(CN2CCC(NC(=O)c3ccccc3)CC2)c(C)n1-c1ccccc1. The van der Waals surface area contributed by atoms with Crippen LogP contribution in [0.1, 0.15) is 40.2 Å². The number of aromatic nitrogens is 1. The molecule has 3 aromatic rings. The van der Waals surface area contributed by atoms with E-state index in [1.54, 1.807) is 0 Å². The lowest BCUT2D eigenvalue weighted by atomic mass is 10.0. The first-order chi connectivity index (χ1) is 14.1. The number of carbonyl (C=O) groups excluding carboxylic acids is 1. The first kappa shape index (κ1) is 19.5. The van der Waals surface area contributed by atoms with Crippen molar-refractivity contribution < 1.29 is 4.79 Å². The number of nitrogens with one attached hydrogen (secondary N) is 1. The van der Waals surface area contributed by atoms with Gasteiger partial charge in [0.1, 0.15) is 0 Å². The normalized spacial score (nSPS) is 15.4. The Bertz CT molecular complexity index is 954. The summed E-state index contributed by atoms with van der Waals surface area (Å²) < 4.78 is 2.34. The van der Waals surface area contributed by atoms with Gasteiger partial charge in [0.15, 0.2) is 0 Å². The molecule has 2 aromatic carbocycles. The van der Waals surface area contributed by atoms with Crippen LogP contribution in [0, 0.1) is 13.8 Å². The largest absolute Gasteiger partial charge is 0.349 e. The molecule has 2 heterocycles. The lowest BCUT2D eigenvalue weighted by Crippen LogP contribution is -2.44. The van der Waals surface area contributed by atoms with Gasteiger partial charge in [0, 0.05) is 48.3 Å². The number of amides is 1. The third-order valence-corrected chi connectivity index (χ3v) is 5.90. The Morgan fingerprint density at radius 2 is 1.59 bits per heavy atom. The van der Waals surface area contributed by atoms with Gasteiger partial charge < -0.3 is 9.88 Å². The number of nitrogens with zero attached hydrogens (tertiary/aromatic N) is 2. The number of rotatable bonds is 5. The lowest BCUT2D eigenvalue weighted by molar-refractivity contribution is 0.0909. The van der Waals surface area contributed by atoms with E-state index in [1.807, 2.05) is 30.3 Å². The Balaban J connectivity index is 1.35. The number of aryl methyl sites for hydroxylation is 1. The number of hydrogen-bond acceptors (Lipinski definition) is 2. The third-order valence-electron chi connectivity index (χ3n) is 5.90. The quantitative estimate of drug-likeness (QED) is 0.700. The molecule has 4 nitrogen and oxygen atoms in total. The average Bonchev–Trinajstić information content (AvgIpc) is 3.03. The maximum atomic E-state index is 12.4. The van der Waals surface area contributed by atoms with Crippen LogP contribution in [-0.4, -0.2) is 34.5 Å². The fourth-order valence-corrected chi connectivity index (χ4v) is 4.30. The Labute approximate surface area is 173 Å². The van der Waals surface area contributed by atoms with Crippen molar-refractivity contribution in [3.05, 3.63) is 89.2 Å². The minimum Gasteiger partial charge on any atom is -0.349 e. The van der Waals surface area contributed by atoms with E-state index >= 15 is 0 Å². The van der Waals surface area contributed by atoms with Crippen molar-refractivity contribution in [3.8, 4) is 5.69 Å². The van der Waals surface area contributed by atoms with Gasteiger partial charge in [-0.25, -0.2) is 0 Å². The van der Waals surface area contributed by atoms with E-state index in [9.17, 15) is 4.79 Å². The van der Waals surface area contributed by atoms with Crippen molar-refractivity contribution in [3.63, 3.8) is 0 Å². The molecular weight excluding hydrogens is 358 g/mol. The number of likely N-dealkylation sites (tertiary alicyclic amines) is 1. The molecule has 0 atom stereocenters. The summed E-state index contributed by atoms with van der Waals surface area (Å²) in [6.07, 6.45) is 1.99. The number of hydrogen-bond donors (Lipinski definition) is 1. The van der Waals surface area contributed by atoms with Crippen LogP contribution in [0.15, 0.2) is 66.7 Å².